The van der Waals surface area contributed by atoms with Crippen molar-refractivity contribution in [3.05, 3.63) is 34.1 Å². The number of ether oxygens (including phenoxy) is 1. The van der Waals surface area contributed by atoms with E-state index in [0.29, 0.717) is 36.1 Å². The molecule has 88 valence electrons. The predicted molar refractivity (Wildman–Crippen MR) is 62.7 cm³/mol. The number of halogens is 2. The van der Waals surface area contributed by atoms with Crippen molar-refractivity contribution >= 4 is 15.9 Å². The van der Waals surface area contributed by atoms with Gasteiger partial charge in [-0.05, 0) is 34.8 Å². The third-order valence-electron chi connectivity index (χ3n) is 2.99. The molecule has 0 radical (unpaired) electrons. The number of aliphatic hydroxyl groups is 1. The van der Waals surface area contributed by atoms with E-state index in [1.165, 1.54) is 0 Å². The van der Waals surface area contributed by atoms with E-state index in [0.717, 1.165) is 6.42 Å². The summed E-state index contributed by atoms with van der Waals surface area (Å²) in [6.07, 6.45) is 1.74. The van der Waals surface area contributed by atoms with Crippen LogP contribution in [0.3, 0.4) is 0 Å². The Hall–Kier alpha value is -0.450. The topological polar surface area (TPSA) is 29.5 Å². The van der Waals surface area contributed by atoms with E-state index in [1.807, 2.05) is 0 Å². The maximum atomic E-state index is 13.9. The van der Waals surface area contributed by atoms with Crippen LogP contribution in [0.4, 0.5) is 4.39 Å². The first-order valence-corrected chi connectivity index (χ1v) is 6.17. The smallest absolute Gasteiger partial charge is 0.143 e. The molecule has 4 heteroatoms. The molecule has 1 aliphatic rings. The van der Waals surface area contributed by atoms with Crippen molar-refractivity contribution in [3.63, 3.8) is 0 Å². The van der Waals surface area contributed by atoms with Gasteiger partial charge in [0.1, 0.15) is 5.82 Å². The molecule has 1 N–H and O–H groups in total. The second kappa shape index (κ2) is 4.82. The molecule has 1 atom stereocenters. The van der Waals surface area contributed by atoms with Crippen molar-refractivity contribution in [1.82, 2.24) is 0 Å². The zero-order valence-electron chi connectivity index (χ0n) is 8.88. The predicted octanol–water partition coefficient (Wildman–Crippen LogP) is 2.98. The quantitative estimate of drug-likeness (QED) is 0.861. The third kappa shape index (κ3) is 2.29. The van der Waals surface area contributed by atoms with Gasteiger partial charge in [0.2, 0.25) is 0 Å². The van der Waals surface area contributed by atoms with E-state index in [-0.39, 0.29) is 5.82 Å². The van der Waals surface area contributed by atoms with Crippen LogP contribution in [0.25, 0.3) is 0 Å². The van der Waals surface area contributed by atoms with Gasteiger partial charge < -0.3 is 9.84 Å². The lowest BCUT2D eigenvalue weighted by molar-refractivity contribution is 0.0111. The molecule has 1 aliphatic heterocycles. The second-order valence-corrected chi connectivity index (χ2v) is 4.95. The standard InChI is InChI=1S/C12H14BrFO2/c13-10-4-1-3-9(11(10)14)12(15)5-2-7-16-8-6-12/h1,3-4,15H,2,5-8H2. The summed E-state index contributed by atoms with van der Waals surface area (Å²) >= 11 is 3.14. The summed E-state index contributed by atoms with van der Waals surface area (Å²) < 4.78 is 19.6. The number of hydrogen-bond acceptors (Lipinski definition) is 2. The van der Waals surface area contributed by atoms with Gasteiger partial charge in [-0.1, -0.05) is 12.1 Å². The van der Waals surface area contributed by atoms with Gasteiger partial charge in [0.15, 0.2) is 0 Å². The summed E-state index contributed by atoms with van der Waals surface area (Å²) in [5.41, 5.74) is -0.725. The highest BCUT2D eigenvalue weighted by atomic mass is 79.9. The van der Waals surface area contributed by atoms with E-state index in [2.05, 4.69) is 15.9 Å². The van der Waals surface area contributed by atoms with Crippen molar-refractivity contribution in [3.8, 4) is 0 Å². The number of hydrogen-bond donors (Lipinski definition) is 1. The minimum absolute atomic E-state index is 0.368. The Morgan fingerprint density at radius 2 is 2.12 bits per heavy atom. The Balaban J connectivity index is 2.37. The van der Waals surface area contributed by atoms with Crippen molar-refractivity contribution in [1.29, 1.82) is 0 Å². The molecule has 1 saturated heterocycles. The SMILES string of the molecule is OC1(c2cccc(Br)c2F)CCCOCC1. The molecule has 2 nitrogen and oxygen atoms in total. The van der Waals surface area contributed by atoms with E-state index < -0.39 is 5.60 Å². The summed E-state index contributed by atoms with van der Waals surface area (Å²) in [7, 11) is 0. The Kier molecular flexibility index (Phi) is 3.62. The highest BCUT2D eigenvalue weighted by Gasteiger charge is 2.33. The Morgan fingerprint density at radius 3 is 2.94 bits per heavy atom. The monoisotopic (exact) mass is 288 g/mol. The molecule has 1 fully saturated rings. The molecule has 0 aliphatic carbocycles. The Labute approximate surface area is 103 Å². The Bertz CT molecular complexity index is 373. The van der Waals surface area contributed by atoms with Crippen LogP contribution in [0.15, 0.2) is 22.7 Å². The van der Waals surface area contributed by atoms with Crippen LogP contribution in [-0.2, 0) is 10.3 Å². The fourth-order valence-corrected chi connectivity index (χ4v) is 2.43. The first kappa shape index (κ1) is 12.0. The molecule has 0 aromatic heterocycles. The minimum atomic E-state index is -1.09. The molecule has 0 amide bonds. The zero-order chi connectivity index (χ0) is 11.6. The van der Waals surface area contributed by atoms with E-state index in [4.69, 9.17) is 4.74 Å². The summed E-state index contributed by atoms with van der Waals surface area (Å²) in [6, 6.07) is 5.02. The van der Waals surface area contributed by atoms with E-state index in [9.17, 15) is 9.50 Å². The maximum Gasteiger partial charge on any atom is 0.143 e. The molecule has 1 aromatic rings. The molecule has 0 bridgehead atoms. The fraction of sp³-hybridized carbons (Fsp3) is 0.500. The van der Waals surface area contributed by atoms with Gasteiger partial charge in [0.05, 0.1) is 10.1 Å². The van der Waals surface area contributed by atoms with Gasteiger partial charge in [-0.25, -0.2) is 4.39 Å². The number of benzene rings is 1. The van der Waals surface area contributed by atoms with Gasteiger partial charge in [0, 0.05) is 25.2 Å². The van der Waals surface area contributed by atoms with Crippen LogP contribution >= 0.6 is 15.9 Å². The molecular formula is C12H14BrFO2. The van der Waals surface area contributed by atoms with Gasteiger partial charge >= 0.3 is 0 Å². The van der Waals surface area contributed by atoms with Gasteiger partial charge in [-0.15, -0.1) is 0 Å². The van der Waals surface area contributed by atoms with Crippen molar-refractivity contribution in [2.24, 2.45) is 0 Å². The average molecular weight is 289 g/mol. The molecule has 1 aromatic carbocycles. The first-order valence-electron chi connectivity index (χ1n) is 5.38. The summed E-state index contributed by atoms with van der Waals surface area (Å²) in [5.74, 6) is -0.369. The largest absolute Gasteiger partial charge is 0.385 e. The minimum Gasteiger partial charge on any atom is -0.385 e. The fourth-order valence-electron chi connectivity index (χ4n) is 2.07. The van der Waals surface area contributed by atoms with Crippen LogP contribution in [0.1, 0.15) is 24.8 Å². The van der Waals surface area contributed by atoms with Crippen LogP contribution in [0, 0.1) is 5.82 Å². The molecule has 0 spiro atoms. The second-order valence-electron chi connectivity index (χ2n) is 4.10. The van der Waals surface area contributed by atoms with E-state index >= 15 is 0 Å². The van der Waals surface area contributed by atoms with Crippen LogP contribution < -0.4 is 0 Å². The normalized spacial score (nSPS) is 26.4. The molecule has 1 unspecified atom stereocenters. The molecule has 1 heterocycles. The van der Waals surface area contributed by atoms with Gasteiger partial charge in [0.25, 0.3) is 0 Å². The highest BCUT2D eigenvalue weighted by molar-refractivity contribution is 9.10. The zero-order valence-corrected chi connectivity index (χ0v) is 10.5. The maximum absolute atomic E-state index is 13.9. The summed E-state index contributed by atoms with van der Waals surface area (Å²) in [4.78, 5) is 0. The summed E-state index contributed by atoms with van der Waals surface area (Å²) in [5, 5.41) is 10.5. The third-order valence-corrected chi connectivity index (χ3v) is 3.60. The van der Waals surface area contributed by atoms with Crippen molar-refractivity contribution < 1.29 is 14.2 Å². The van der Waals surface area contributed by atoms with Gasteiger partial charge in [-0.2, -0.15) is 0 Å². The molecule has 16 heavy (non-hydrogen) atoms. The molecular weight excluding hydrogens is 275 g/mol. The lowest BCUT2D eigenvalue weighted by Gasteiger charge is -2.27. The Morgan fingerprint density at radius 1 is 1.31 bits per heavy atom. The van der Waals surface area contributed by atoms with E-state index in [1.54, 1.807) is 18.2 Å². The van der Waals surface area contributed by atoms with Gasteiger partial charge in [-0.3, -0.25) is 0 Å². The van der Waals surface area contributed by atoms with Crippen LogP contribution in [-0.4, -0.2) is 18.3 Å². The molecule has 0 saturated carbocycles. The summed E-state index contributed by atoms with van der Waals surface area (Å²) in [6.45, 7) is 1.11. The average Bonchev–Trinajstić information content (AvgIpc) is 2.48. The first-order chi connectivity index (χ1) is 7.63. The lowest BCUT2D eigenvalue weighted by atomic mass is 9.86. The van der Waals surface area contributed by atoms with Crippen LogP contribution in [0.2, 0.25) is 0 Å². The van der Waals surface area contributed by atoms with Crippen molar-refractivity contribution in [2.75, 3.05) is 13.2 Å². The van der Waals surface area contributed by atoms with Crippen molar-refractivity contribution in [2.45, 2.75) is 24.9 Å². The lowest BCUT2D eigenvalue weighted by Crippen LogP contribution is -2.27. The highest BCUT2D eigenvalue weighted by Crippen LogP contribution is 2.35. The van der Waals surface area contributed by atoms with Crippen LogP contribution in [0.5, 0.6) is 0 Å². The number of rotatable bonds is 1. The molecule has 2 rings (SSSR count).